The van der Waals surface area contributed by atoms with Gasteiger partial charge in [-0.3, -0.25) is 4.79 Å². The molecule has 124 valence electrons. The number of amides is 1. The molecule has 0 fully saturated rings. The van der Waals surface area contributed by atoms with Crippen molar-refractivity contribution in [3.63, 3.8) is 0 Å². The lowest BCUT2D eigenvalue weighted by Crippen LogP contribution is -2.28. The molecule has 0 aliphatic heterocycles. The first kappa shape index (κ1) is 17.1. The van der Waals surface area contributed by atoms with Crippen molar-refractivity contribution in [1.29, 1.82) is 0 Å². The Balaban J connectivity index is 2.07. The van der Waals surface area contributed by atoms with Crippen LogP contribution in [0, 0.1) is 13.8 Å². The number of hydrogen-bond acceptors (Lipinski definition) is 4. The van der Waals surface area contributed by atoms with Gasteiger partial charge in [0.15, 0.2) is 0 Å². The van der Waals surface area contributed by atoms with Gasteiger partial charge in [-0.25, -0.2) is 0 Å². The van der Waals surface area contributed by atoms with E-state index >= 15 is 0 Å². The Morgan fingerprint density at radius 3 is 2.57 bits per heavy atom. The van der Waals surface area contributed by atoms with Crippen LogP contribution >= 0.6 is 0 Å². The van der Waals surface area contributed by atoms with Crippen LogP contribution in [-0.2, 0) is 11.2 Å². The van der Waals surface area contributed by atoms with E-state index in [1.54, 1.807) is 0 Å². The molecule has 0 bridgehead atoms. The monoisotopic (exact) mass is 316 g/mol. The maximum Gasteiger partial charge on any atom is 0.225 e. The number of hydrogen-bond donors (Lipinski definition) is 1. The zero-order valence-corrected chi connectivity index (χ0v) is 14.3. The molecule has 2 aromatic rings. The van der Waals surface area contributed by atoms with Gasteiger partial charge in [0.05, 0.1) is 24.3 Å². The highest BCUT2D eigenvalue weighted by molar-refractivity contribution is 5.79. The van der Waals surface area contributed by atoms with Crippen molar-refractivity contribution in [3.8, 4) is 5.75 Å². The summed E-state index contributed by atoms with van der Waals surface area (Å²) in [7, 11) is 0. The van der Waals surface area contributed by atoms with Crippen molar-refractivity contribution >= 4 is 5.91 Å². The molecule has 1 amide bonds. The molecule has 1 aromatic carbocycles. The maximum atomic E-state index is 12.3. The maximum absolute atomic E-state index is 12.3. The molecule has 1 heterocycles. The van der Waals surface area contributed by atoms with Gasteiger partial charge in [0, 0.05) is 11.1 Å². The van der Waals surface area contributed by atoms with Crippen LogP contribution in [0.1, 0.15) is 49.4 Å². The third kappa shape index (κ3) is 4.34. The molecule has 2 rings (SSSR count). The normalized spacial score (nSPS) is 12.3. The van der Waals surface area contributed by atoms with E-state index in [0.29, 0.717) is 5.76 Å². The largest absolute Gasteiger partial charge is 0.491 e. The molecule has 5 nitrogen and oxygen atoms in total. The number of aromatic nitrogens is 1. The Morgan fingerprint density at radius 1 is 1.26 bits per heavy atom. The van der Waals surface area contributed by atoms with Gasteiger partial charge < -0.3 is 14.6 Å². The summed E-state index contributed by atoms with van der Waals surface area (Å²) in [4.78, 5) is 12.3. The molecule has 0 saturated heterocycles. The van der Waals surface area contributed by atoms with Crippen molar-refractivity contribution < 1.29 is 14.1 Å². The predicted octanol–water partition coefficient (Wildman–Crippen LogP) is 3.50. The minimum atomic E-state index is -0.141. The van der Waals surface area contributed by atoms with Crippen LogP contribution < -0.4 is 10.1 Å². The van der Waals surface area contributed by atoms with Crippen molar-refractivity contribution in [3.05, 3.63) is 46.8 Å². The van der Waals surface area contributed by atoms with Crippen molar-refractivity contribution in [2.45, 2.75) is 53.2 Å². The number of carbonyl (C=O) groups is 1. The van der Waals surface area contributed by atoms with E-state index in [1.165, 1.54) is 0 Å². The Labute approximate surface area is 137 Å². The fraction of sp³-hybridized carbons (Fsp3) is 0.444. The first-order valence-corrected chi connectivity index (χ1v) is 7.85. The van der Waals surface area contributed by atoms with E-state index in [0.717, 1.165) is 22.6 Å². The quantitative estimate of drug-likeness (QED) is 0.886. The summed E-state index contributed by atoms with van der Waals surface area (Å²) < 4.78 is 10.9. The molecule has 5 heteroatoms. The van der Waals surface area contributed by atoms with Gasteiger partial charge in [0.25, 0.3) is 0 Å². The summed E-state index contributed by atoms with van der Waals surface area (Å²) in [5, 5.41) is 6.89. The number of nitrogens with zero attached hydrogens (tertiary/aromatic N) is 1. The van der Waals surface area contributed by atoms with Crippen molar-refractivity contribution in [1.82, 2.24) is 10.5 Å². The summed E-state index contributed by atoms with van der Waals surface area (Å²) in [5.41, 5.74) is 2.57. The number of para-hydroxylation sites is 1. The van der Waals surface area contributed by atoms with E-state index in [9.17, 15) is 4.79 Å². The molecule has 0 aliphatic carbocycles. The SMILES string of the molecule is Cc1noc(C)c1CC(=O)NC(C)c1ccccc1OC(C)C. The average Bonchev–Trinajstić information content (AvgIpc) is 2.79. The molecule has 1 unspecified atom stereocenters. The molecule has 0 aliphatic rings. The summed E-state index contributed by atoms with van der Waals surface area (Å²) in [6.45, 7) is 9.58. The second-order valence-corrected chi connectivity index (χ2v) is 5.97. The van der Waals surface area contributed by atoms with E-state index in [-0.39, 0.29) is 24.5 Å². The van der Waals surface area contributed by atoms with Crippen LogP contribution in [0.15, 0.2) is 28.8 Å². The lowest BCUT2D eigenvalue weighted by molar-refractivity contribution is -0.121. The molecule has 1 N–H and O–H groups in total. The second kappa shape index (κ2) is 7.31. The minimum Gasteiger partial charge on any atom is -0.491 e. The number of rotatable bonds is 6. The van der Waals surface area contributed by atoms with Gasteiger partial charge in [0.2, 0.25) is 5.91 Å². The average molecular weight is 316 g/mol. The standard InChI is InChI=1S/C18H24N2O3/c1-11(2)22-17-9-7-6-8-15(17)12(3)19-18(21)10-16-13(4)20-23-14(16)5/h6-9,11-12H,10H2,1-5H3,(H,19,21). The zero-order chi connectivity index (χ0) is 17.0. The lowest BCUT2D eigenvalue weighted by Gasteiger charge is -2.19. The predicted molar refractivity (Wildman–Crippen MR) is 88.4 cm³/mol. The van der Waals surface area contributed by atoms with E-state index < -0.39 is 0 Å². The lowest BCUT2D eigenvalue weighted by atomic mass is 10.1. The van der Waals surface area contributed by atoms with Gasteiger partial charge in [-0.2, -0.15) is 0 Å². The van der Waals surface area contributed by atoms with E-state index in [4.69, 9.17) is 9.26 Å². The highest BCUT2D eigenvalue weighted by atomic mass is 16.5. The van der Waals surface area contributed by atoms with E-state index in [2.05, 4.69) is 10.5 Å². The van der Waals surface area contributed by atoms with Crippen LogP contribution in [0.25, 0.3) is 0 Å². The summed E-state index contributed by atoms with van der Waals surface area (Å²) in [6, 6.07) is 7.63. The highest BCUT2D eigenvalue weighted by Crippen LogP contribution is 2.26. The van der Waals surface area contributed by atoms with Gasteiger partial charge in [0.1, 0.15) is 11.5 Å². The van der Waals surface area contributed by atoms with Crippen molar-refractivity contribution in [2.24, 2.45) is 0 Å². The molecule has 1 atom stereocenters. The number of aryl methyl sites for hydroxylation is 2. The van der Waals surface area contributed by atoms with Gasteiger partial charge >= 0.3 is 0 Å². The second-order valence-electron chi connectivity index (χ2n) is 5.97. The minimum absolute atomic E-state index is 0.0637. The third-order valence-corrected chi connectivity index (χ3v) is 3.64. The molecule has 0 spiro atoms. The Morgan fingerprint density at radius 2 is 1.96 bits per heavy atom. The topological polar surface area (TPSA) is 64.4 Å². The molecular formula is C18H24N2O3. The third-order valence-electron chi connectivity index (χ3n) is 3.64. The summed E-state index contributed by atoms with van der Waals surface area (Å²) in [6.07, 6.45) is 0.347. The molecule has 0 radical (unpaired) electrons. The summed E-state index contributed by atoms with van der Waals surface area (Å²) >= 11 is 0. The number of ether oxygens (including phenoxy) is 1. The number of benzene rings is 1. The molecule has 0 saturated carbocycles. The van der Waals surface area contributed by atoms with Gasteiger partial charge in [-0.05, 0) is 40.7 Å². The fourth-order valence-electron chi connectivity index (χ4n) is 2.48. The van der Waals surface area contributed by atoms with Gasteiger partial charge in [-0.15, -0.1) is 0 Å². The molecule has 23 heavy (non-hydrogen) atoms. The van der Waals surface area contributed by atoms with Crippen LogP contribution in [0.2, 0.25) is 0 Å². The van der Waals surface area contributed by atoms with E-state index in [1.807, 2.05) is 58.9 Å². The van der Waals surface area contributed by atoms with Crippen LogP contribution in [0.4, 0.5) is 0 Å². The smallest absolute Gasteiger partial charge is 0.225 e. The fourth-order valence-corrected chi connectivity index (χ4v) is 2.48. The van der Waals surface area contributed by atoms with Crippen molar-refractivity contribution in [2.75, 3.05) is 0 Å². The van der Waals surface area contributed by atoms with Crippen LogP contribution in [0.3, 0.4) is 0 Å². The van der Waals surface area contributed by atoms with Gasteiger partial charge in [-0.1, -0.05) is 23.4 Å². The Bertz CT molecular complexity index is 657. The van der Waals surface area contributed by atoms with Crippen LogP contribution in [0.5, 0.6) is 5.75 Å². The first-order chi connectivity index (χ1) is 10.9. The number of nitrogens with one attached hydrogen (secondary N) is 1. The molecular weight excluding hydrogens is 292 g/mol. The zero-order valence-electron chi connectivity index (χ0n) is 14.3. The Kier molecular flexibility index (Phi) is 5.42. The van der Waals surface area contributed by atoms with Crippen LogP contribution in [-0.4, -0.2) is 17.2 Å². The Hall–Kier alpha value is -2.30. The number of carbonyl (C=O) groups excluding carboxylic acids is 1. The summed E-state index contributed by atoms with van der Waals surface area (Å²) in [5.74, 6) is 1.42. The molecule has 1 aromatic heterocycles. The highest BCUT2D eigenvalue weighted by Gasteiger charge is 2.18. The first-order valence-electron chi connectivity index (χ1n) is 7.85.